The summed E-state index contributed by atoms with van der Waals surface area (Å²) in [6.45, 7) is 2.34. The number of carbonyl (C=O) groups is 2. The predicted molar refractivity (Wildman–Crippen MR) is 102 cm³/mol. The molecule has 0 spiro atoms. The van der Waals surface area contributed by atoms with Gasteiger partial charge in [-0.15, -0.1) is 0 Å². The van der Waals surface area contributed by atoms with E-state index in [0.717, 1.165) is 0 Å². The number of anilines is 1. The fourth-order valence-corrected chi connectivity index (χ4v) is 6.14. The fraction of sp³-hybridized carbons (Fsp3) is 0.579. The zero-order valence-corrected chi connectivity index (χ0v) is 16.4. The minimum atomic E-state index is -3.08. The van der Waals surface area contributed by atoms with Gasteiger partial charge in [-0.05, 0) is 18.6 Å². The van der Waals surface area contributed by atoms with E-state index in [1.807, 2.05) is 4.90 Å². The molecular weight excluding hydrogens is 385 g/mol. The minimum Gasteiger partial charge on any atom is -0.366 e. The van der Waals surface area contributed by atoms with E-state index >= 15 is 0 Å². The summed E-state index contributed by atoms with van der Waals surface area (Å²) >= 11 is 0. The first-order valence-corrected chi connectivity index (χ1v) is 11.4. The Labute approximate surface area is 164 Å². The zero-order valence-electron chi connectivity index (χ0n) is 15.6. The van der Waals surface area contributed by atoms with Gasteiger partial charge in [0.2, 0.25) is 11.8 Å². The van der Waals surface area contributed by atoms with Crippen molar-refractivity contribution in [2.24, 2.45) is 5.92 Å². The molecule has 3 aliphatic heterocycles. The highest BCUT2D eigenvalue weighted by molar-refractivity contribution is 7.91. The third kappa shape index (κ3) is 3.72. The highest BCUT2D eigenvalue weighted by Gasteiger charge is 2.43. The lowest BCUT2D eigenvalue weighted by Gasteiger charge is -2.37. The lowest BCUT2D eigenvalue weighted by atomic mass is 10.1. The molecule has 0 aromatic heterocycles. The molecule has 28 heavy (non-hydrogen) atoms. The average molecular weight is 409 g/mol. The molecule has 0 aliphatic carbocycles. The second kappa shape index (κ2) is 7.35. The predicted octanol–water partition coefficient (Wildman–Crippen LogP) is 0.510. The number of benzene rings is 1. The Bertz CT molecular complexity index is 883. The van der Waals surface area contributed by atoms with E-state index in [4.69, 9.17) is 0 Å². The number of likely N-dealkylation sites (tertiary alicyclic amines) is 1. The second-order valence-electron chi connectivity index (χ2n) is 7.77. The van der Waals surface area contributed by atoms with Gasteiger partial charge in [-0.3, -0.25) is 9.59 Å². The van der Waals surface area contributed by atoms with E-state index in [9.17, 15) is 22.4 Å². The van der Waals surface area contributed by atoms with Crippen LogP contribution in [0.3, 0.4) is 0 Å². The molecule has 9 heteroatoms. The molecule has 0 bridgehead atoms. The Morgan fingerprint density at radius 3 is 2.46 bits per heavy atom. The van der Waals surface area contributed by atoms with Crippen molar-refractivity contribution in [1.82, 2.24) is 9.80 Å². The van der Waals surface area contributed by atoms with Gasteiger partial charge in [0.05, 0.1) is 23.1 Å². The Morgan fingerprint density at radius 2 is 1.82 bits per heavy atom. The van der Waals surface area contributed by atoms with E-state index < -0.39 is 15.8 Å². The van der Waals surface area contributed by atoms with Gasteiger partial charge in [-0.2, -0.15) is 0 Å². The minimum absolute atomic E-state index is 0.000957. The van der Waals surface area contributed by atoms with Crippen LogP contribution in [0.5, 0.6) is 0 Å². The van der Waals surface area contributed by atoms with E-state index in [-0.39, 0.29) is 41.6 Å². The highest BCUT2D eigenvalue weighted by atomic mass is 32.2. The zero-order chi connectivity index (χ0) is 19.9. The quantitative estimate of drug-likeness (QED) is 0.727. The smallest absolute Gasteiger partial charge is 0.228 e. The van der Waals surface area contributed by atoms with Crippen LogP contribution in [0.4, 0.5) is 10.1 Å². The molecule has 0 unspecified atom stereocenters. The number of amides is 2. The molecule has 0 saturated carbocycles. The van der Waals surface area contributed by atoms with Gasteiger partial charge in [0, 0.05) is 45.2 Å². The molecule has 2 amide bonds. The van der Waals surface area contributed by atoms with Crippen molar-refractivity contribution in [3.05, 3.63) is 30.1 Å². The van der Waals surface area contributed by atoms with Crippen molar-refractivity contribution in [2.45, 2.75) is 18.9 Å². The van der Waals surface area contributed by atoms with Crippen LogP contribution in [0.1, 0.15) is 12.8 Å². The maximum atomic E-state index is 14.0. The molecule has 152 valence electrons. The van der Waals surface area contributed by atoms with Crippen molar-refractivity contribution >= 4 is 27.3 Å². The van der Waals surface area contributed by atoms with Crippen molar-refractivity contribution in [1.29, 1.82) is 0 Å². The largest absolute Gasteiger partial charge is 0.366 e. The first-order chi connectivity index (χ1) is 13.3. The van der Waals surface area contributed by atoms with Crippen LogP contribution in [-0.4, -0.2) is 80.3 Å². The lowest BCUT2D eigenvalue weighted by Crippen LogP contribution is -2.51. The lowest BCUT2D eigenvalue weighted by molar-refractivity contribution is -0.136. The Morgan fingerprint density at radius 1 is 1.11 bits per heavy atom. The van der Waals surface area contributed by atoms with Crippen LogP contribution >= 0.6 is 0 Å². The number of halogens is 1. The third-order valence-electron chi connectivity index (χ3n) is 5.94. The normalized spacial score (nSPS) is 27.5. The van der Waals surface area contributed by atoms with Gasteiger partial charge in [0.1, 0.15) is 5.82 Å². The number of para-hydroxylation sites is 1. The van der Waals surface area contributed by atoms with Crippen LogP contribution in [0.25, 0.3) is 0 Å². The van der Waals surface area contributed by atoms with E-state index in [1.54, 1.807) is 28.0 Å². The van der Waals surface area contributed by atoms with Crippen LogP contribution in [0.2, 0.25) is 0 Å². The van der Waals surface area contributed by atoms with E-state index in [1.165, 1.54) is 6.07 Å². The summed E-state index contributed by atoms with van der Waals surface area (Å²) in [6, 6.07) is 6.30. The molecule has 1 aromatic rings. The summed E-state index contributed by atoms with van der Waals surface area (Å²) in [5.74, 6) is -0.782. The molecule has 0 radical (unpaired) electrons. The number of hydrogen-bond acceptors (Lipinski definition) is 5. The number of hydrogen-bond donors (Lipinski definition) is 0. The standard InChI is InChI=1S/C19H24FN3O4S/c20-16-3-1-2-4-17(16)21-6-8-22(9-7-21)19(25)14-11-18(24)23(12-14)15-5-10-28(26,27)13-15/h1-4,14-15H,5-13H2/t14-,15-/m1/s1. The maximum Gasteiger partial charge on any atom is 0.228 e. The Balaban J connectivity index is 1.35. The van der Waals surface area contributed by atoms with Crippen molar-refractivity contribution < 1.29 is 22.4 Å². The van der Waals surface area contributed by atoms with Crippen LogP contribution in [-0.2, 0) is 19.4 Å². The highest BCUT2D eigenvalue weighted by Crippen LogP contribution is 2.28. The average Bonchev–Trinajstić information content (AvgIpc) is 3.23. The van der Waals surface area contributed by atoms with Gasteiger partial charge in [0.15, 0.2) is 9.84 Å². The summed E-state index contributed by atoms with van der Waals surface area (Å²) in [6.07, 6.45) is 0.596. The second-order valence-corrected chi connectivity index (χ2v) is 10.00. The van der Waals surface area contributed by atoms with Gasteiger partial charge in [-0.25, -0.2) is 12.8 Å². The summed E-state index contributed by atoms with van der Waals surface area (Å²) < 4.78 is 37.3. The fourth-order valence-electron chi connectivity index (χ4n) is 4.41. The number of piperazine rings is 1. The molecule has 1 aromatic carbocycles. The Hall–Kier alpha value is -2.16. The van der Waals surface area contributed by atoms with Crippen molar-refractivity contribution in [3.63, 3.8) is 0 Å². The van der Waals surface area contributed by atoms with Crippen LogP contribution in [0, 0.1) is 11.7 Å². The van der Waals surface area contributed by atoms with E-state index in [2.05, 4.69) is 0 Å². The third-order valence-corrected chi connectivity index (χ3v) is 7.69. The van der Waals surface area contributed by atoms with Crippen LogP contribution in [0.15, 0.2) is 24.3 Å². The first-order valence-electron chi connectivity index (χ1n) is 9.62. The molecule has 3 fully saturated rings. The van der Waals surface area contributed by atoms with Gasteiger partial charge < -0.3 is 14.7 Å². The van der Waals surface area contributed by atoms with Gasteiger partial charge >= 0.3 is 0 Å². The summed E-state index contributed by atoms with van der Waals surface area (Å²) in [5, 5.41) is 0. The summed E-state index contributed by atoms with van der Waals surface area (Å²) in [4.78, 5) is 30.5. The number of sulfone groups is 1. The van der Waals surface area contributed by atoms with Gasteiger partial charge in [-0.1, -0.05) is 12.1 Å². The SMILES string of the molecule is O=C([C@@H]1CC(=O)N([C@@H]2CCS(=O)(=O)C2)C1)N1CCN(c2ccccc2F)CC1. The summed E-state index contributed by atoms with van der Waals surface area (Å²) in [7, 11) is -3.08. The molecule has 4 rings (SSSR count). The maximum absolute atomic E-state index is 14.0. The topological polar surface area (TPSA) is 78.0 Å². The molecular formula is C19H24FN3O4S. The van der Waals surface area contributed by atoms with Gasteiger partial charge in [0.25, 0.3) is 0 Å². The van der Waals surface area contributed by atoms with Crippen LogP contribution < -0.4 is 4.90 Å². The molecule has 3 saturated heterocycles. The van der Waals surface area contributed by atoms with Crippen molar-refractivity contribution in [3.8, 4) is 0 Å². The van der Waals surface area contributed by atoms with E-state index in [0.29, 0.717) is 44.8 Å². The molecule has 3 heterocycles. The monoisotopic (exact) mass is 409 g/mol. The van der Waals surface area contributed by atoms with Crippen molar-refractivity contribution in [2.75, 3.05) is 49.1 Å². The number of nitrogens with zero attached hydrogens (tertiary/aromatic N) is 3. The number of rotatable bonds is 3. The summed E-state index contributed by atoms with van der Waals surface area (Å²) in [5.41, 5.74) is 0.541. The molecule has 7 nitrogen and oxygen atoms in total. The molecule has 0 N–H and O–H groups in total. The molecule has 3 aliphatic rings. The Kier molecular flexibility index (Phi) is 5.03. The molecule has 2 atom stereocenters. The first kappa shape index (κ1) is 19.2. The number of carbonyl (C=O) groups excluding carboxylic acids is 2.